The molecule has 0 radical (unpaired) electrons. The first-order chi connectivity index (χ1) is 14.6. The van der Waals surface area contributed by atoms with E-state index >= 15 is 0 Å². The van der Waals surface area contributed by atoms with Gasteiger partial charge in [-0.15, -0.1) is 0 Å². The molecule has 0 atom stereocenters. The number of aromatic nitrogens is 2. The van der Waals surface area contributed by atoms with Crippen LogP contribution in [0.1, 0.15) is 35.5 Å². The van der Waals surface area contributed by atoms with Gasteiger partial charge in [-0.2, -0.15) is 9.78 Å². The highest BCUT2D eigenvalue weighted by molar-refractivity contribution is 6.11. The van der Waals surface area contributed by atoms with E-state index in [0.717, 1.165) is 29.7 Å². The molecule has 5 heteroatoms. The monoisotopic (exact) mass is 397 g/mol. The van der Waals surface area contributed by atoms with Crippen molar-refractivity contribution in [1.29, 1.82) is 0 Å². The van der Waals surface area contributed by atoms with Crippen molar-refractivity contribution in [2.45, 2.75) is 26.7 Å². The zero-order chi connectivity index (χ0) is 21.1. The molecule has 0 spiro atoms. The third kappa shape index (κ3) is 3.50. The number of nitrogens with zero attached hydrogens (tertiary/aromatic N) is 2. The van der Waals surface area contributed by atoms with Crippen LogP contribution in [0.3, 0.4) is 0 Å². The van der Waals surface area contributed by atoms with Gasteiger partial charge in [0.05, 0.1) is 11.1 Å². The smallest absolute Gasteiger partial charge is 0.279 e. The molecule has 1 amide bonds. The van der Waals surface area contributed by atoms with Gasteiger partial charge in [-0.05, 0) is 42.2 Å². The molecular weight excluding hydrogens is 374 g/mol. The Hall–Kier alpha value is -3.73. The van der Waals surface area contributed by atoms with Gasteiger partial charge in [0, 0.05) is 11.1 Å². The number of rotatable bonds is 5. The largest absolute Gasteiger partial charge is 0.320 e. The Morgan fingerprint density at radius 2 is 1.43 bits per heavy atom. The van der Waals surface area contributed by atoms with E-state index in [1.54, 1.807) is 30.3 Å². The van der Waals surface area contributed by atoms with Crippen LogP contribution in [0.2, 0.25) is 0 Å². The molecule has 1 N–H and O–H groups in total. The van der Waals surface area contributed by atoms with E-state index in [1.165, 1.54) is 4.68 Å². The SMILES string of the molecule is CCc1cccc(CC)c1NC(=O)c1nn(-c2ccccc2)c(=O)c2ccccc12. The number of nitrogens with one attached hydrogen (secondary N) is 1. The zero-order valence-corrected chi connectivity index (χ0v) is 17.1. The molecule has 4 rings (SSSR count). The van der Waals surface area contributed by atoms with Crippen LogP contribution in [0.4, 0.5) is 5.69 Å². The molecule has 0 aliphatic carbocycles. The molecule has 0 saturated heterocycles. The van der Waals surface area contributed by atoms with Crippen LogP contribution in [0.25, 0.3) is 16.5 Å². The van der Waals surface area contributed by atoms with Crippen LogP contribution in [0, 0.1) is 0 Å². The Balaban J connectivity index is 1.88. The molecule has 0 aliphatic rings. The summed E-state index contributed by atoms with van der Waals surface area (Å²) in [7, 11) is 0. The summed E-state index contributed by atoms with van der Waals surface area (Å²) < 4.78 is 1.30. The number of hydrogen-bond acceptors (Lipinski definition) is 3. The maximum Gasteiger partial charge on any atom is 0.279 e. The third-order valence-corrected chi connectivity index (χ3v) is 5.26. The Kier molecular flexibility index (Phi) is 5.44. The molecular formula is C25H23N3O2. The summed E-state index contributed by atoms with van der Waals surface area (Å²) in [5.41, 5.74) is 3.56. The molecule has 3 aromatic carbocycles. The highest BCUT2D eigenvalue weighted by atomic mass is 16.2. The predicted octanol–water partition coefficient (Wildman–Crippen LogP) is 4.76. The van der Waals surface area contributed by atoms with Crippen molar-refractivity contribution < 1.29 is 4.79 Å². The van der Waals surface area contributed by atoms with Gasteiger partial charge < -0.3 is 5.32 Å². The molecule has 0 bridgehead atoms. The minimum atomic E-state index is -0.327. The minimum Gasteiger partial charge on any atom is -0.320 e. The first kappa shape index (κ1) is 19.6. The Bertz CT molecular complexity index is 1250. The second-order valence-corrected chi connectivity index (χ2v) is 7.06. The average Bonchev–Trinajstić information content (AvgIpc) is 2.80. The summed E-state index contributed by atoms with van der Waals surface area (Å²) in [5.74, 6) is -0.327. The summed E-state index contributed by atoms with van der Waals surface area (Å²) >= 11 is 0. The molecule has 30 heavy (non-hydrogen) atoms. The van der Waals surface area contributed by atoms with E-state index in [1.807, 2.05) is 42.5 Å². The third-order valence-electron chi connectivity index (χ3n) is 5.26. The van der Waals surface area contributed by atoms with Crippen LogP contribution in [0.15, 0.2) is 77.6 Å². The lowest BCUT2D eigenvalue weighted by Crippen LogP contribution is -2.26. The number of fused-ring (bicyclic) bond motifs is 1. The number of anilines is 1. The number of hydrogen-bond donors (Lipinski definition) is 1. The van der Waals surface area contributed by atoms with Gasteiger partial charge in [0.1, 0.15) is 0 Å². The summed E-state index contributed by atoms with van der Waals surface area (Å²) in [5, 5.41) is 8.54. The van der Waals surface area contributed by atoms with Crippen LogP contribution in [0.5, 0.6) is 0 Å². The number of para-hydroxylation sites is 2. The van der Waals surface area contributed by atoms with Crippen LogP contribution >= 0.6 is 0 Å². The van der Waals surface area contributed by atoms with Crippen molar-refractivity contribution in [2.75, 3.05) is 5.32 Å². The number of aryl methyl sites for hydroxylation is 2. The second kappa shape index (κ2) is 8.33. The number of carbonyl (C=O) groups excluding carboxylic acids is 1. The fraction of sp³-hybridized carbons (Fsp3) is 0.160. The van der Waals surface area contributed by atoms with Crippen LogP contribution in [-0.4, -0.2) is 15.7 Å². The predicted molar refractivity (Wildman–Crippen MR) is 120 cm³/mol. The Morgan fingerprint density at radius 3 is 2.07 bits per heavy atom. The lowest BCUT2D eigenvalue weighted by atomic mass is 10.0. The number of carbonyl (C=O) groups is 1. The maximum atomic E-state index is 13.4. The molecule has 0 fully saturated rings. The highest BCUT2D eigenvalue weighted by Crippen LogP contribution is 2.24. The van der Waals surface area contributed by atoms with Crippen molar-refractivity contribution in [3.05, 3.63) is 100.0 Å². The van der Waals surface area contributed by atoms with Gasteiger partial charge >= 0.3 is 0 Å². The summed E-state index contributed by atoms with van der Waals surface area (Å²) in [4.78, 5) is 26.4. The first-order valence-corrected chi connectivity index (χ1v) is 10.1. The topological polar surface area (TPSA) is 64.0 Å². The summed E-state index contributed by atoms with van der Waals surface area (Å²) in [6.07, 6.45) is 1.61. The van der Waals surface area contributed by atoms with Gasteiger partial charge in [-0.3, -0.25) is 9.59 Å². The number of benzene rings is 3. The van der Waals surface area contributed by atoms with E-state index in [0.29, 0.717) is 16.5 Å². The first-order valence-electron chi connectivity index (χ1n) is 10.1. The van der Waals surface area contributed by atoms with Crippen molar-refractivity contribution in [3.8, 4) is 5.69 Å². The number of amides is 1. The van der Waals surface area contributed by atoms with E-state index in [9.17, 15) is 9.59 Å². The van der Waals surface area contributed by atoms with Crippen LogP contribution in [-0.2, 0) is 12.8 Å². The molecule has 150 valence electrons. The highest BCUT2D eigenvalue weighted by Gasteiger charge is 2.19. The fourth-order valence-electron chi connectivity index (χ4n) is 3.68. The van der Waals surface area contributed by atoms with E-state index in [-0.39, 0.29) is 17.2 Å². The fourth-order valence-corrected chi connectivity index (χ4v) is 3.68. The van der Waals surface area contributed by atoms with Gasteiger partial charge in [0.2, 0.25) is 0 Å². The van der Waals surface area contributed by atoms with Crippen molar-refractivity contribution >= 4 is 22.4 Å². The maximum absolute atomic E-state index is 13.4. The lowest BCUT2D eigenvalue weighted by molar-refractivity contribution is 0.102. The van der Waals surface area contributed by atoms with Crippen molar-refractivity contribution in [1.82, 2.24) is 9.78 Å². The standard InChI is InChI=1S/C25H23N3O2/c1-3-17-11-10-12-18(4-2)22(17)26-24(29)23-20-15-8-9-16-21(20)25(30)28(27-23)19-13-6-5-7-14-19/h5-16H,3-4H2,1-2H3,(H,26,29). The van der Waals surface area contributed by atoms with Gasteiger partial charge in [-0.1, -0.05) is 68.4 Å². The molecule has 1 aromatic heterocycles. The van der Waals surface area contributed by atoms with Gasteiger partial charge in [-0.25, -0.2) is 0 Å². The van der Waals surface area contributed by atoms with E-state index < -0.39 is 0 Å². The summed E-state index contributed by atoms with van der Waals surface area (Å²) in [6, 6.07) is 22.3. The van der Waals surface area contributed by atoms with E-state index in [2.05, 4.69) is 24.3 Å². The Morgan fingerprint density at radius 1 is 0.833 bits per heavy atom. The molecule has 0 unspecified atom stereocenters. The normalized spacial score (nSPS) is 10.9. The second-order valence-electron chi connectivity index (χ2n) is 7.06. The van der Waals surface area contributed by atoms with Gasteiger partial charge in [0.25, 0.3) is 11.5 Å². The molecule has 0 saturated carbocycles. The molecule has 4 aromatic rings. The van der Waals surface area contributed by atoms with Crippen molar-refractivity contribution in [2.24, 2.45) is 0 Å². The molecule has 5 nitrogen and oxygen atoms in total. The van der Waals surface area contributed by atoms with E-state index in [4.69, 9.17) is 0 Å². The quantitative estimate of drug-likeness (QED) is 0.528. The minimum absolute atomic E-state index is 0.224. The molecule has 0 aliphatic heterocycles. The van der Waals surface area contributed by atoms with Crippen LogP contribution < -0.4 is 10.9 Å². The zero-order valence-electron chi connectivity index (χ0n) is 17.1. The lowest BCUT2D eigenvalue weighted by Gasteiger charge is -2.15. The van der Waals surface area contributed by atoms with Gasteiger partial charge in [0.15, 0.2) is 5.69 Å². The summed E-state index contributed by atoms with van der Waals surface area (Å²) in [6.45, 7) is 4.13. The Labute approximate surface area is 175 Å². The molecule has 1 heterocycles. The van der Waals surface area contributed by atoms with Crippen molar-refractivity contribution in [3.63, 3.8) is 0 Å². The average molecular weight is 397 g/mol.